The Balaban J connectivity index is 2.15. The highest BCUT2D eigenvalue weighted by Crippen LogP contribution is 2.18. The van der Waals surface area contributed by atoms with Crippen LogP contribution in [0, 0.1) is 0 Å². The van der Waals surface area contributed by atoms with Crippen molar-refractivity contribution in [3.05, 3.63) is 42.2 Å². The zero-order chi connectivity index (χ0) is 14.0. The fourth-order valence-electron chi connectivity index (χ4n) is 1.68. The third kappa shape index (κ3) is 3.33. The first kappa shape index (κ1) is 13.6. The smallest absolute Gasteiger partial charge is 0.178 e. The zero-order valence-corrected chi connectivity index (χ0v) is 11.2. The lowest BCUT2D eigenvalue weighted by molar-refractivity contribution is 0.151. The predicted octanol–water partition coefficient (Wildman–Crippen LogP) is 0.602. The van der Waals surface area contributed by atoms with E-state index in [0.29, 0.717) is 11.3 Å². The van der Waals surface area contributed by atoms with Gasteiger partial charge in [0.1, 0.15) is 4.90 Å². The fraction of sp³-hybridized carbons (Fsp3) is 0.250. The van der Waals surface area contributed by atoms with Crippen molar-refractivity contribution in [3.63, 3.8) is 0 Å². The quantitative estimate of drug-likeness (QED) is 0.800. The highest BCUT2D eigenvalue weighted by atomic mass is 32.2. The molecule has 1 aromatic carbocycles. The number of sulfone groups is 1. The van der Waals surface area contributed by atoms with Gasteiger partial charge in [-0.2, -0.15) is 5.10 Å². The standard InChI is InChI=1S/C12H15N3O3S/c1-19(17,18)11-6-14-15(7-11)8-12(16)9-3-2-4-10(13)5-9/h2-7,12,16H,8,13H2,1H3. The second-order valence-corrected chi connectivity index (χ2v) is 6.37. The minimum atomic E-state index is -3.27. The molecular weight excluding hydrogens is 266 g/mol. The molecule has 1 unspecified atom stereocenters. The van der Waals surface area contributed by atoms with Crippen molar-refractivity contribution < 1.29 is 13.5 Å². The molecule has 0 fully saturated rings. The molecule has 0 spiro atoms. The summed E-state index contributed by atoms with van der Waals surface area (Å²) in [6.45, 7) is 0.166. The highest BCUT2D eigenvalue weighted by Gasteiger charge is 2.13. The van der Waals surface area contributed by atoms with Gasteiger partial charge in [-0.25, -0.2) is 8.42 Å². The van der Waals surface area contributed by atoms with Crippen molar-refractivity contribution in [2.24, 2.45) is 0 Å². The molecule has 0 amide bonds. The van der Waals surface area contributed by atoms with Crippen LogP contribution >= 0.6 is 0 Å². The lowest BCUT2D eigenvalue weighted by atomic mass is 10.1. The lowest BCUT2D eigenvalue weighted by Crippen LogP contribution is -2.09. The summed E-state index contributed by atoms with van der Waals surface area (Å²) in [5.74, 6) is 0. The van der Waals surface area contributed by atoms with Crippen molar-refractivity contribution in [1.29, 1.82) is 0 Å². The fourth-order valence-corrected chi connectivity index (χ4v) is 2.24. The summed E-state index contributed by atoms with van der Waals surface area (Å²) in [6.07, 6.45) is 2.98. The van der Waals surface area contributed by atoms with Crippen LogP contribution < -0.4 is 5.73 Å². The summed E-state index contributed by atoms with van der Waals surface area (Å²) >= 11 is 0. The Morgan fingerprint density at radius 1 is 1.47 bits per heavy atom. The van der Waals surface area contributed by atoms with Crippen LogP contribution in [0.3, 0.4) is 0 Å². The number of nitrogens with zero attached hydrogens (tertiary/aromatic N) is 2. The summed E-state index contributed by atoms with van der Waals surface area (Å²) in [5, 5.41) is 14.0. The highest BCUT2D eigenvalue weighted by molar-refractivity contribution is 7.90. The number of rotatable bonds is 4. The van der Waals surface area contributed by atoms with Gasteiger partial charge < -0.3 is 10.8 Å². The first-order chi connectivity index (χ1) is 8.86. The average Bonchev–Trinajstić information content (AvgIpc) is 2.77. The van der Waals surface area contributed by atoms with Crippen LogP contribution in [0.15, 0.2) is 41.6 Å². The summed E-state index contributed by atoms with van der Waals surface area (Å²) in [4.78, 5) is 0.132. The Morgan fingerprint density at radius 2 is 2.21 bits per heavy atom. The molecule has 0 aliphatic heterocycles. The molecule has 0 aliphatic carbocycles. The normalized spacial score (nSPS) is 13.4. The zero-order valence-electron chi connectivity index (χ0n) is 10.4. The van der Waals surface area contributed by atoms with E-state index in [1.807, 2.05) is 0 Å². The molecule has 0 bridgehead atoms. The van der Waals surface area contributed by atoms with Crippen molar-refractivity contribution in [2.45, 2.75) is 17.5 Å². The Bertz CT molecular complexity index is 679. The summed E-state index contributed by atoms with van der Waals surface area (Å²) in [5.41, 5.74) is 6.87. The van der Waals surface area contributed by atoms with Crippen LogP contribution in [0.1, 0.15) is 11.7 Å². The van der Waals surface area contributed by atoms with Gasteiger partial charge in [-0.15, -0.1) is 0 Å². The molecule has 0 saturated heterocycles. The molecule has 0 saturated carbocycles. The number of nitrogens with two attached hydrogens (primary N) is 1. The van der Waals surface area contributed by atoms with Crippen molar-refractivity contribution >= 4 is 15.5 Å². The number of aromatic nitrogens is 2. The van der Waals surface area contributed by atoms with Gasteiger partial charge in [0.25, 0.3) is 0 Å². The van der Waals surface area contributed by atoms with Crippen LogP contribution in [0.5, 0.6) is 0 Å². The third-order valence-electron chi connectivity index (χ3n) is 2.69. The number of aliphatic hydroxyl groups is 1. The topological polar surface area (TPSA) is 98.2 Å². The Hall–Kier alpha value is -1.86. The van der Waals surface area contributed by atoms with E-state index in [1.54, 1.807) is 24.3 Å². The molecule has 7 heteroatoms. The number of hydrogen-bond donors (Lipinski definition) is 2. The van der Waals surface area contributed by atoms with Gasteiger partial charge in [-0.05, 0) is 17.7 Å². The van der Waals surface area contributed by atoms with Gasteiger partial charge in [0.2, 0.25) is 0 Å². The maximum Gasteiger partial charge on any atom is 0.178 e. The molecule has 3 N–H and O–H groups in total. The van der Waals surface area contributed by atoms with E-state index in [0.717, 1.165) is 6.26 Å². The van der Waals surface area contributed by atoms with Gasteiger partial charge >= 0.3 is 0 Å². The molecule has 2 aromatic rings. The van der Waals surface area contributed by atoms with Crippen LogP contribution in [0.25, 0.3) is 0 Å². The number of nitrogen functional groups attached to an aromatic ring is 1. The van der Waals surface area contributed by atoms with E-state index in [-0.39, 0.29) is 11.4 Å². The Morgan fingerprint density at radius 3 is 2.79 bits per heavy atom. The van der Waals surface area contributed by atoms with Crippen LogP contribution in [-0.4, -0.2) is 29.6 Å². The molecule has 0 aliphatic rings. The number of anilines is 1. The average molecular weight is 281 g/mol. The minimum absolute atomic E-state index is 0.132. The van der Waals surface area contributed by atoms with E-state index in [1.165, 1.54) is 17.1 Å². The molecule has 0 radical (unpaired) electrons. The van der Waals surface area contributed by atoms with Crippen LogP contribution in [0.2, 0.25) is 0 Å². The molecule has 1 atom stereocenters. The molecule has 6 nitrogen and oxygen atoms in total. The summed E-state index contributed by atoms with van der Waals surface area (Å²) < 4.78 is 24.0. The van der Waals surface area contributed by atoms with E-state index < -0.39 is 15.9 Å². The van der Waals surface area contributed by atoms with Crippen LogP contribution in [0.4, 0.5) is 5.69 Å². The van der Waals surface area contributed by atoms with Gasteiger partial charge in [-0.1, -0.05) is 12.1 Å². The molecular formula is C12H15N3O3S. The van der Waals surface area contributed by atoms with Crippen molar-refractivity contribution in [1.82, 2.24) is 9.78 Å². The van der Waals surface area contributed by atoms with E-state index in [2.05, 4.69) is 5.10 Å². The number of aliphatic hydroxyl groups excluding tert-OH is 1. The van der Waals surface area contributed by atoms with E-state index >= 15 is 0 Å². The maximum absolute atomic E-state index is 11.3. The number of hydrogen-bond acceptors (Lipinski definition) is 5. The van der Waals surface area contributed by atoms with Gasteiger partial charge in [0.05, 0.1) is 18.8 Å². The van der Waals surface area contributed by atoms with Gasteiger partial charge in [0, 0.05) is 18.1 Å². The first-order valence-electron chi connectivity index (χ1n) is 5.62. The van der Waals surface area contributed by atoms with E-state index in [9.17, 15) is 13.5 Å². The molecule has 2 rings (SSSR count). The van der Waals surface area contributed by atoms with Gasteiger partial charge in [0.15, 0.2) is 9.84 Å². The minimum Gasteiger partial charge on any atom is -0.399 e. The molecule has 19 heavy (non-hydrogen) atoms. The largest absolute Gasteiger partial charge is 0.399 e. The Labute approximate surface area is 111 Å². The van der Waals surface area contributed by atoms with Crippen molar-refractivity contribution in [2.75, 3.05) is 12.0 Å². The first-order valence-corrected chi connectivity index (χ1v) is 7.51. The van der Waals surface area contributed by atoms with E-state index in [4.69, 9.17) is 5.73 Å². The number of benzene rings is 1. The molecule has 102 valence electrons. The molecule has 1 heterocycles. The van der Waals surface area contributed by atoms with Crippen molar-refractivity contribution in [3.8, 4) is 0 Å². The lowest BCUT2D eigenvalue weighted by Gasteiger charge is -2.11. The van der Waals surface area contributed by atoms with Gasteiger partial charge in [-0.3, -0.25) is 4.68 Å². The SMILES string of the molecule is CS(=O)(=O)c1cnn(CC(O)c2cccc(N)c2)c1. The van der Waals surface area contributed by atoms with Crippen LogP contribution in [-0.2, 0) is 16.4 Å². The maximum atomic E-state index is 11.3. The Kier molecular flexibility index (Phi) is 3.59. The predicted molar refractivity (Wildman–Crippen MR) is 71.2 cm³/mol. The second kappa shape index (κ2) is 5.02. The summed E-state index contributed by atoms with van der Waals surface area (Å²) in [7, 11) is -3.27. The third-order valence-corrected chi connectivity index (χ3v) is 3.76. The second-order valence-electron chi connectivity index (χ2n) is 4.36. The molecule has 1 aromatic heterocycles. The summed E-state index contributed by atoms with van der Waals surface area (Å²) in [6, 6.07) is 6.90. The monoisotopic (exact) mass is 281 g/mol.